The Morgan fingerprint density at radius 3 is 2.88 bits per heavy atom. The Hall–Kier alpha value is -1.36. The fourth-order valence-electron chi connectivity index (χ4n) is 2.00. The molecule has 1 saturated heterocycles. The first-order valence-corrected chi connectivity index (χ1v) is 5.75. The van der Waals surface area contributed by atoms with Crippen molar-refractivity contribution in [1.29, 1.82) is 0 Å². The Kier molecular flexibility index (Phi) is 3.56. The van der Waals surface area contributed by atoms with E-state index in [9.17, 15) is 4.79 Å². The number of carbonyl (C=O) groups excluding carboxylic acids is 1. The molecular formula is C11H18N4O. The fraction of sp³-hybridized carbons (Fsp3) is 0.636. The summed E-state index contributed by atoms with van der Waals surface area (Å²) in [6, 6.07) is 0. The fourth-order valence-corrected chi connectivity index (χ4v) is 2.00. The highest BCUT2D eigenvalue weighted by Crippen LogP contribution is 2.05. The van der Waals surface area contributed by atoms with E-state index < -0.39 is 0 Å². The van der Waals surface area contributed by atoms with Gasteiger partial charge in [-0.05, 0) is 25.9 Å². The Bertz CT molecular complexity index is 355. The average Bonchev–Trinajstić information content (AvgIpc) is 2.88. The van der Waals surface area contributed by atoms with Crippen molar-refractivity contribution in [2.45, 2.75) is 12.8 Å². The number of hydrogen-bond acceptors (Lipinski definition) is 3. The lowest BCUT2D eigenvalue weighted by Gasteiger charge is -2.14. The van der Waals surface area contributed by atoms with E-state index in [4.69, 9.17) is 0 Å². The van der Waals surface area contributed by atoms with Gasteiger partial charge >= 0.3 is 0 Å². The van der Waals surface area contributed by atoms with Crippen molar-refractivity contribution in [2.75, 3.05) is 26.2 Å². The molecule has 16 heavy (non-hydrogen) atoms. The van der Waals surface area contributed by atoms with Crippen LogP contribution < -0.4 is 5.32 Å². The van der Waals surface area contributed by atoms with Gasteiger partial charge in [0.15, 0.2) is 5.82 Å². The third-order valence-corrected chi connectivity index (χ3v) is 2.94. The molecule has 1 fully saturated rings. The molecule has 0 spiro atoms. The Balaban J connectivity index is 1.73. The van der Waals surface area contributed by atoms with Crippen LogP contribution in [0.25, 0.3) is 0 Å². The molecule has 2 rings (SSSR count). The summed E-state index contributed by atoms with van der Waals surface area (Å²) in [5, 5.41) is 2.89. The van der Waals surface area contributed by atoms with Crippen LogP contribution in [0.5, 0.6) is 0 Å². The molecule has 1 amide bonds. The van der Waals surface area contributed by atoms with Gasteiger partial charge in [-0.1, -0.05) is 0 Å². The number of nitrogens with one attached hydrogen (secondary N) is 1. The van der Waals surface area contributed by atoms with Crippen molar-refractivity contribution >= 4 is 5.91 Å². The lowest BCUT2D eigenvalue weighted by Crippen LogP contribution is -2.34. The van der Waals surface area contributed by atoms with E-state index in [1.54, 1.807) is 17.0 Å². The molecule has 0 bridgehead atoms. The Morgan fingerprint density at radius 1 is 1.50 bits per heavy atom. The summed E-state index contributed by atoms with van der Waals surface area (Å²) in [4.78, 5) is 18.1. The van der Waals surface area contributed by atoms with Gasteiger partial charge in [-0.15, -0.1) is 0 Å². The second-order valence-corrected chi connectivity index (χ2v) is 4.17. The van der Waals surface area contributed by atoms with E-state index >= 15 is 0 Å². The highest BCUT2D eigenvalue weighted by atomic mass is 16.2. The van der Waals surface area contributed by atoms with Gasteiger partial charge in [0.2, 0.25) is 0 Å². The molecule has 1 aromatic heterocycles. The molecule has 0 saturated carbocycles. The van der Waals surface area contributed by atoms with Gasteiger partial charge in [0.1, 0.15) is 0 Å². The van der Waals surface area contributed by atoms with E-state index in [2.05, 4.69) is 15.2 Å². The summed E-state index contributed by atoms with van der Waals surface area (Å²) >= 11 is 0. The first kappa shape index (κ1) is 11.1. The molecule has 1 N–H and O–H groups in total. The van der Waals surface area contributed by atoms with Crippen molar-refractivity contribution < 1.29 is 4.79 Å². The van der Waals surface area contributed by atoms with Crippen molar-refractivity contribution in [3.8, 4) is 0 Å². The van der Waals surface area contributed by atoms with E-state index in [-0.39, 0.29) is 5.91 Å². The first-order chi connectivity index (χ1) is 7.77. The molecule has 1 aliphatic heterocycles. The zero-order valence-corrected chi connectivity index (χ0v) is 9.65. The molecule has 5 heteroatoms. The van der Waals surface area contributed by atoms with Crippen LogP contribution in [-0.2, 0) is 7.05 Å². The lowest BCUT2D eigenvalue weighted by atomic mass is 10.4. The highest BCUT2D eigenvalue weighted by Gasteiger charge is 2.13. The SMILES string of the molecule is Cn1ccnc1C(=O)NCCN1CCCC1. The van der Waals surface area contributed by atoms with Crippen molar-refractivity contribution in [3.05, 3.63) is 18.2 Å². The van der Waals surface area contributed by atoms with Crippen LogP contribution in [0.1, 0.15) is 23.5 Å². The molecule has 2 heterocycles. The number of aryl methyl sites for hydroxylation is 1. The summed E-state index contributed by atoms with van der Waals surface area (Å²) in [6.45, 7) is 3.97. The number of hydrogen-bond donors (Lipinski definition) is 1. The highest BCUT2D eigenvalue weighted by molar-refractivity contribution is 5.90. The number of imidazole rings is 1. The van der Waals surface area contributed by atoms with Crippen LogP contribution in [0.2, 0.25) is 0 Å². The maximum atomic E-state index is 11.7. The molecule has 0 atom stereocenters. The van der Waals surface area contributed by atoms with Crippen LogP contribution in [0.4, 0.5) is 0 Å². The van der Waals surface area contributed by atoms with Crippen LogP contribution in [0.3, 0.4) is 0 Å². The number of rotatable bonds is 4. The minimum absolute atomic E-state index is 0.0910. The predicted molar refractivity (Wildman–Crippen MR) is 61.2 cm³/mol. The first-order valence-electron chi connectivity index (χ1n) is 5.75. The van der Waals surface area contributed by atoms with Crippen molar-refractivity contribution in [1.82, 2.24) is 19.8 Å². The lowest BCUT2D eigenvalue weighted by molar-refractivity contribution is 0.0936. The van der Waals surface area contributed by atoms with E-state index in [1.807, 2.05) is 7.05 Å². The van der Waals surface area contributed by atoms with E-state index in [0.29, 0.717) is 12.4 Å². The number of amides is 1. The van der Waals surface area contributed by atoms with Crippen LogP contribution >= 0.6 is 0 Å². The van der Waals surface area contributed by atoms with Gasteiger partial charge in [-0.2, -0.15) is 0 Å². The van der Waals surface area contributed by atoms with Gasteiger partial charge in [0.05, 0.1) is 0 Å². The normalized spacial score (nSPS) is 16.6. The number of aromatic nitrogens is 2. The maximum Gasteiger partial charge on any atom is 0.287 e. The minimum Gasteiger partial charge on any atom is -0.348 e. The summed E-state index contributed by atoms with van der Waals surface area (Å²) < 4.78 is 1.73. The molecule has 1 aliphatic rings. The molecule has 1 aromatic rings. The number of nitrogens with zero attached hydrogens (tertiary/aromatic N) is 3. The van der Waals surface area contributed by atoms with E-state index in [1.165, 1.54) is 12.8 Å². The summed E-state index contributed by atoms with van der Waals surface area (Å²) in [7, 11) is 1.82. The zero-order chi connectivity index (χ0) is 11.4. The molecular weight excluding hydrogens is 204 g/mol. The Labute approximate surface area is 95.5 Å². The summed E-state index contributed by atoms with van der Waals surface area (Å²) in [5.41, 5.74) is 0. The standard InChI is InChI=1S/C11H18N4O/c1-14-8-4-12-10(14)11(16)13-5-9-15-6-2-3-7-15/h4,8H,2-3,5-7,9H2,1H3,(H,13,16). The topological polar surface area (TPSA) is 50.2 Å². The molecule has 5 nitrogen and oxygen atoms in total. The quantitative estimate of drug-likeness (QED) is 0.794. The van der Waals surface area contributed by atoms with Crippen molar-refractivity contribution in [2.24, 2.45) is 7.05 Å². The second kappa shape index (κ2) is 5.12. The molecule has 0 aliphatic carbocycles. The molecule has 0 aromatic carbocycles. The average molecular weight is 222 g/mol. The smallest absolute Gasteiger partial charge is 0.287 e. The zero-order valence-electron chi connectivity index (χ0n) is 9.65. The maximum absolute atomic E-state index is 11.7. The number of carbonyl (C=O) groups is 1. The monoisotopic (exact) mass is 222 g/mol. The Morgan fingerprint density at radius 2 is 2.25 bits per heavy atom. The van der Waals surface area contributed by atoms with Gasteiger partial charge < -0.3 is 14.8 Å². The predicted octanol–water partition coefficient (Wildman–Crippen LogP) is 0.246. The van der Waals surface area contributed by atoms with Crippen LogP contribution in [0.15, 0.2) is 12.4 Å². The third-order valence-electron chi connectivity index (χ3n) is 2.94. The van der Waals surface area contributed by atoms with Gasteiger partial charge in [-0.3, -0.25) is 4.79 Å². The third kappa shape index (κ3) is 2.61. The van der Waals surface area contributed by atoms with E-state index in [0.717, 1.165) is 19.6 Å². The van der Waals surface area contributed by atoms with Crippen molar-refractivity contribution in [3.63, 3.8) is 0 Å². The van der Waals surface area contributed by atoms with Gasteiger partial charge in [0.25, 0.3) is 5.91 Å². The largest absolute Gasteiger partial charge is 0.348 e. The minimum atomic E-state index is -0.0910. The number of likely N-dealkylation sites (tertiary alicyclic amines) is 1. The van der Waals surface area contributed by atoms with Crippen LogP contribution in [0, 0.1) is 0 Å². The second-order valence-electron chi connectivity index (χ2n) is 4.17. The van der Waals surface area contributed by atoms with Crippen LogP contribution in [-0.4, -0.2) is 46.5 Å². The molecule has 0 radical (unpaired) electrons. The van der Waals surface area contributed by atoms with Gasteiger partial charge in [-0.25, -0.2) is 4.98 Å². The molecule has 88 valence electrons. The van der Waals surface area contributed by atoms with Gasteiger partial charge in [0, 0.05) is 32.5 Å². The summed E-state index contributed by atoms with van der Waals surface area (Å²) in [5.74, 6) is 0.383. The summed E-state index contributed by atoms with van der Waals surface area (Å²) in [6.07, 6.45) is 5.98. The molecule has 0 unspecified atom stereocenters.